The van der Waals surface area contributed by atoms with Gasteiger partial charge in [-0.3, -0.25) is 19.7 Å². The summed E-state index contributed by atoms with van der Waals surface area (Å²) in [5.41, 5.74) is 0.761. The Labute approximate surface area is 161 Å². The van der Waals surface area contributed by atoms with Crippen LogP contribution in [0.5, 0.6) is 5.75 Å². The molecule has 0 aromatic heterocycles. The summed E-state index contributed by atoms with van der Waals surface area (Å²) in [6, 6.07) is 11.9. The number of nitrogens with zero attached hydrogens (tertiary/aromatic N) is 1. The SMILES string of the molecule is COc1ccc(CCNC(CC(=O)Nc2ccccc2[N+](=O)[O-])C(=O)O)cc1. The zero-order chi connectivity index (χ0) is 20.5. The van der Waals surface area contributed by atoms with Crippen molar-refractivity contribution >= 4 is 23.3 Å². The smallest absolute Gasteiger partial charge is 0.321 e. The van der Waals surface area contributed by atoms with Crippen LogP contribution in [0.15, 0.2) is 48.5 Å². The first-order valence-corrected chi connectivity index (χ1v) is 8.53. The lowest BCUT2D eigenvalue weighted by atomic mass is 10.1. The summed E-state index contributed by atoms with van der Waals surface area (Å²) >= 11 is 0. The lowest BCUT2D eigenvalue weighted by Crippen LogP contribution is -2.40. The van der Waals surface area contributed by atoms with Gasteiger partial charge in [-0.25, -0.2) is 0 Å². The van der Waals surface area contributed by atoms with E-state index in [1.54, 1.807) is 13.2 Å². The molecule has 3 N–H and O–H groups in total. The van der Waals surface area contributed by atoms with E-state index in [4.69, 9.17) is 4.74 Å². The van der Waals surface area contributed by atoms with Crippen molar-refractivity contribution in [3.63, 3.8) is 0 Å². The lowest BCUT2D eigenvalue weighted by molar-refractivity contribution is -0.383. The molecular formula is C19H21N3O6. The molecule has 0 aliphatic rings. The molecule has 2 aromatic rings. The Hall–Kier alpha value is -3.46. The van der Waals surface area contributed by atoms with Gasteiger partial charge in [-0.15, -0.1) is 0 Å². The average Bonchev–Trinajstić information content (AvgIpc) is 2.67. The maximum atomic E-state index is 12.2. The molecule has 148 valence electrons. The summed E-state index contributed by atoms with van der Waals surface area (Å²) < 4.78 is 5.08. The van der Waals surface area contributed by atoms with Gasteiger partial charge in [0.25, 0.3) is 5.69 Å². The Bertz CT molecular complexity index is 838. The fourth-order valence-corrected chi connectivity index (χ4v) is 2.55. The number of carbonyl (C=O) groups excluding carboxylic acids is 1. The second-order valence-electron chi connectivity index (χ2n) is 5.97. The van der Waals surface area contributed by atoms with Crippen molar-refractivity contribution in [1.29, 1.82) is 0 Å². The average molecular weight is 387 g/mol. The number of benzene rings is 2. The summed E-state index contributed by atoms with van der Waals surface area (Å²) in [5.74, 6) is -1.07. The minimum atomic E-state index is -1.17. The maximum absolute atomic E-state index is 12.2. The van der Waals surface area contributed by atoms with Crippen LogP contribution in [0.1, 0.15) is 12.0 Å². The maximum Gasteiger partial charge on any atom is 0.321 e. The van der Waals surface area contributed by atoms with Crippen molar-refractivity contribution in [1.82, 2.24) is 5.32 Å². The topological polar surface area (TPSA) is 131 Å². The number of anilines is 1. The van der Waals surface area contributed by atoms with Crippen molar-refractivity contribution in [2.45, 2.75) is 18.9 Å². The molecule has 1 amide bonds. The molecule has 1 unspecified atom stereocenters. The fraction of sp³-hybridized carbons (Fsp3) is 0.263. The van der Waals surface area contributed by atoms with Gasteiger partial charge >= 0.3 is 5.97 Å². The minimum Gasteiger partial charge on any atom is -0.497 e. The Morgan fingerprint density at radius 3 is 2.46 bits per heavy atom. The van der Waals surface area contributed by atoms with Crippen LogP contribution in [0.2, 0.25) is 0 Å². The van der Waals surface area contributed by atoms with Gasteiger partial charge in [0, 0.05) is 6.07 Å². The van der Waals surface area contributed by atoms with Crippen LogP contribution in [-0.4, -0.2) is 41.6 Å². The molecule has 0 radical (unpaired) electrons. The third-order valence-electron chi connectivity index (χ3n) is 4.03. The van der Waals surface area contributed by atoms with E-state index in [1.165, 1.54) is 18.2 Å². The van der Waals surface area contributed by atoms with E-state index in [-0.39, 0.29) is 17.8 Å². The number of ether oxygens (including phenoxy) is 1. The van der Waals surface area contributed by atoms with E-state index in [9.17, 15) is 24.8 Å². The Morgan fingerprint density at radius 1 is 1.18 bits per heavy atom. The van der Waals surface area contributed by atoms with E-state index in [1.807, 2.05) is 24.3 Å². The summed E-state index contributed by atoms with van der Waals surface area (Å²) in [4.78, 5) is 34.0. The van der Waals surface area contributed by atoms with Crippen molar-refractivity contribution in [3.8, 4) is 5.75 Å². The number of hydrogen-bond acceptors (Lipinski definition) is 6. The second-order valence-corrected chi connectivity index (χ2v) is 5.97. The standard InChI is InChI=1S/C19H21N3O6/c1-28-14-8-6-13(7-9-14)10-11-20-16(19(24)25)12-18(23)21-15-4-2-3-5-17(15)22(26)27/h2-9,16,20H,10-12H2,1H3,(H,21,23)(H,24,25). The summed E-state index contributed by atoms with van der Waals surface area (Å²) in [6.45, 7) is 0.349. The third kappa shape index (κ3) is 6.06. The molecule has 28 heavy (non-hydrogen) atoms. The van der Waals surface area contributed by atoms with E-state index in [2.05, 4.69) is 10.6 Å². The first kappa shape index (κ1) is 20.8. The quantitative estimate of drug-likeness (QED) is 0.421. The zero-order valence-corrected chi connectivity index (χ0v) is 15.3. The number of carboxylic acid groups (broad SMARTS) is 1. The Balaban J connectivity index is 1.90. The Morgan fingerprint density at radius 2 is 1.86 bits per heavy atom. The molecule has 9 heteroatoms. The summed E-state index contributed by atoms with van der Waals surface area (Å²) in [6.07, 6.45) is 0.212. The minimum absolute atomic E-state index is 0.0277. The molecule has 0 saturated carbocycles. The van der Waals surface area contributed by atoms with Crippen LogP contribution in [-0.2, 0) is 16.0 Å². The molecule has 0 spiro atoms. The molecule has 2 aromatic carbocycles. The molecule has 9 nitrogen and oxygen atoms in total. The molecule has 0 fully saturated rings. The van der Waals surface area contributed by atoms with Crippen molar-refractivity contribution in [3.05, 3.63) is 64.2 Å². The first-order valence-electron chi connectivity index (χ1n) is 8.53. The molecule has 0 bridgehead atoms. The molecular weight excluding hydrogens is 366 g/mol. The highest BCUT2D eigenvalue weighted by Gasteiger charge is 2.22. The monoisotopic (exact) mass is 387 g/mol. The molecule has 0 aliphatic carbocycles. The zero-order valence-electron chi connectivity index (χ0n) is 15.3. The number of rotatable bonds is 10. The summed E-state index contributed by atoms with van der Waals surface area (Å²) in [7, 11) is 1.57. The van der Waals surface area contributed by atoms with Crippen molar-refractivity contribution in [2.75, 3.05) is 19.0 Å². The van der Waals surface area contributed by atoms with Crippen LogP contribution < -0.4 is 15.4 Å². The molecule has 2 rings (SSSR count). The summed E-state index contributed by atoms with van der Waals surface area (Å²) in [5, 5.41) is 25.5. The number of carboxylic acids is 1. The molecule has 0 aliphatic heterocycles. The number of hydrogen-bond donors (Lipinski definition) is 3. The van der Waals surface area contributed by atoms with Gasteiger partial charge in [-0.05, 0) is 36.7 Å². The number of nitrogens with one attached hydrogen (secondary N) is 2. The highest BCUT2D eigenvalue weighted by Crippen LogP contribution is 2.23. The van der Waals surface area contributed by atoms with Gasteiger partial charge in [-0.2, -0.15) is 0 Å². The fourth-order valence-electron chi connectivity index (χ4n) is 2.55. The van der Waals surface area contributed by atoms with Crippen LogP contribution in [0.3, 0.4) is 0 Å². The molecule has 0 heterocycles. The number of methoxy groups -OCH3 is 1. The van der Waals surface area contributed by atoms with Gasteiger partial charge in [0.1, 0.15) is 17.5 Å². The van der Waals surface area contributed by atoms with Gasteiger partial charge in [-0.1, -0.05) is 24.3 Å². The van der Waals surface area contributed by atoms with E-state index < -0.39 is 22.8 Å². The number of aliphatic carboxylic acids is 1. The first-order chi connectivity index (χ1) is 13.4. The molecule has 0 saturated heterocycles. The Kier molecular flexibility index (Phi) is 7.46. The van der Waals surface area contributed by atoms with Crippen molar-refractivity contribution < 1.29 is 24.4 Å². The predicted octanol–water partition coefficient (Wildman–Crippen LogP) is 2.22. The van der Waals surface area contributed by atoms with Crippen LogP contribution in [0.25, 0.3) is 0 Å². The van der Waals surface area contributed by atoms with Crippen LogP contribution in [0, 0.1) is 10.1 Å². The van der Waals surface area contributed by atoms with Crippen LogP contribution >= 0.6 is 0 Å². The highest BCUT2D eigenvalue weighted by molar-refractivity contribution is 5.95. The number of nitro benzene ring substituents is 1. The lowest BCUT2D eigenvalue weighted by Gasteiger charge is -2.14. The number of nitro groups is 1. The predicted molar refractivity (Wildman–Crippen MR) is 102 cm³/mol. The van der Waals surface area contributed by atoms with Crippen LogP contribution in [0.4, 0.5) is 11.4 Å². The third-order valence-corrected chi connectivity index (χ3v) is 4.03. The number of para-hydroxylation sites is 2. The number of amides is 1. The normalized spacial score (nSPS) is 11.5. The number of carbonyl (C=O) groups is 2. The van der Waals surface area contributed by atoms with Gasteiger partial charge < -0.3 is 20.5 Å². The second kappa shape index (κ2) is 10.0. The van der Waals surface area contributed by atoms with E-state index in [0.29, 0.717) is 13.0 Å². The van der Waals surface area contributed by atoms with Gasteiger partial charge in [0.15, 0.2) is 0 Å². The van der Waals surface area contributed by atoms with Gasteiger partial charge in [0.05, 0.1) is 18.5 Å². The highest BCUT2D eigenvalue weighted by atomic mass is 16.6. The van der Waals surface area contributed by atoms with Gasteiger partial charge in [0.2, 0.25) is 5.91 Å². The van der Waals surface area contributed by atoms with Crippen molar-refractivity contribution in [2.24, 2.45) is 0 Å². The molecule has 1 atom stereocenters. The largest absolute Gasteiger partial charge is 0.497 e. The van der Waals surface area contributed by atoms with E-state index >= 15 is 0 Å². The van der Waals surface area contributed by atoms with E-state index in [0.717, 1.165) is 11.3 Å².